The number of aromatic nitrogens is 1. The Bertz CT molecular complexity index is 415. The first kappa shape index (κ1) is 11.4. The summed E-state index contributed by atoms with van der Waals surface area (Å²) in [5.74, 6) is 0.594. The number of hydrogen-bond donors (Lipinski definition) is 1. The van der Waals surface area contributed by atoms with E-state index < -0.39 is 0 Å². The molecule has 0 aliphatic heterocycles. The Balaban J connectivity index is 2.05. The average molecular weight is 239 g/mol. The minimum Gasteiger partial charge on any atom is -0.349 e. The van der Waals surface area contributed by atoms with Crippen molar-refractivity contribution in [3.8, 4) is 0 Å². The SMILES string of the molecule is Cc1cc(C(=O)N[C@@H](C)C2CC2)cnc1Cl. The molecule has 0 unspecified atom stereocenters. The minimum atomic E-state index is -0.0633. The molecular formula is C12H15ClN2O. The largest absolute Gasteiger partial charge is 0.349 e. The monoisotopic (exact) mass is 238 g/mol. The van der Waals surface area contributed by atoms with Crippen LogP contribution in [-0.2, 0) is 0 Å². The third kappa shape index (κ3) is 2.53. The van der Waals surface area contributed by atoms with Crippen LogP contribution in [0.1, 0.15) is 35.7 Å². The molecule has 86 valence electrons. The number of nitrogens with one attached hydrogen (secondary N) is 1. The molecule has 1 fully saturated rings. The molecule has 0 bridgehead atoms. The molecule has 0 radical (unpaired) electrons. The van der Waals surface area contributed by atoms with Gasteiger partial charge in [0.2, 0.25) is 0 Å². The highest BCUT2D eigenvalue weighted by Gasteiger charge is 2.29. The molecule has 0 spiro atoms. The Hall–Kier alpha value is -1.09. The lowest BCUT2D eigenvalue weighted by molar-refractivity contribution is 0.0935. The number of aryl methyl sites for hydroxylation is 1. The van der Waals surface area contributed by atoms with Gasteiger partial charge in [-0.1, -0.05) is 11.6 Å². The van der Waals surface area contributed by atoms with Crippen LogP contribution in [0.25, 0.3) is 0 Å². The standard InChI is InChI=1S/C12H15ClN2O/c1-7-5-10(6-14-11(7)13)12(16)15-8(2)9-3-4-9/h5-6,8-9H,3-4H2,1-2H3,(H,15,16)/t8-/m0/s1. The summed E-state index contributed by atoms with van der Waals surface area (Å²) in [7, 11) is 0. The van der Waals surface area contributed by atoms with Gasteiger partial charge >= 0.3 is 0 Å². The van der Waals surface area contributed by atoms with E-state index in [1.165, 1.54) is 19.0 Å². The Labute approximate surface area is 100 Å². The van der Waals surface area contributed by atoms with E-state index in [2.05, 4.69) is 10.3 Å². The minimum absolute atomic E-state index is 0.0633. The zero-order chi connectivity index (χ0) is 11.7. The number of amides is 1. The molecule has 1 aliphatic rings. The molecule has 3 nitrogen and oxygen atoms in total. The maximum atomic E-state index is 11.9. The summed E-state index contributed by atoms with van der Waals surface area (Å²) >= 11 is 5.81. The van der Waals surface area contributed by atoms with Crippen molar-refractivity contribution in [3.63, 3.8) is 0 Å². The van der Waals surface area contributed by atoms with Crippen LogP contribution in [0.15, 0.2) is 12.3 Å². The van der Waals surface area contributed by atoms with E-state index in [4.69, 9.17) is 11.6 Å². The van der Waals surface area contributed by atoms with Gasteiger partial charge in [-0.2, -0.15) is 0 Å². The number of pyridine rings is 1. The predicted octanol–water partition coefficient (Wildman–Crippen LogP) is 2.57. The number of halogens is 1. The fraction of sp³-hybridized carbons (Fsp3) is 0.500. The first-order valence-electron chi connectivity index (χ1n) is 5.51. The van der Waals surface area contributed by atoms with Gasteiger partial charge in [0, 0.05) is 12.2 Å². The van der Waals surface area contributed by atoms with E-state index >= 15 is 0 Å². The van der Waals surface area contributed by atoms with Gasteiger partial charge in [0.1, 0.15) is 5.15 Å². The van der Waals surface area contributed by atoms with Crippen LogP contribution in [0.3, 0.4) is 0 Å². The summed E-state index contributed by atoms with van der Waals surface area (Å²) in [6.07, 6.45) is 3.96. The molecule has 0 aromatic carbocycles. The quantitative estimate of drug-likeness (QED) is 0.823. The van der Waals surface area contributed by atoms with Crippen molar-refractivity contribution in [1.82, 2.24) is 10.3 Å². The Morgan fingerprint density at radius 2 is 2.31 bits per heavy atom. The van der Waals surface area contributed by atoms with Crippen molar-refractivity contribution in [1.29, 1.82) is 0 Å². The van der Waals surface area contributed by atoms with Crippen molar-refractivity contribution >= 4 is 17.5 Å². The fourth-order valence-electron chi connectivity index (χ4n) is 1.69. The predicted molar refractivity (Wildman–Crippen MR) is 63.6 cm³/mol. The highest BCUT2D eigenvalue weighted by atomic mass is 35.5. The van der Waals surface area contributed by atoms with Crippen LogP contribution in [0.4, 0.5) is 0 Å². The summed E-state index contributed by atoms with van der Waals surface area (Å²) < 4.78 is 0. The van der Waals surface area contributed by atoms with Crippen molar-refractivity contribution in [2.24, 2.45) is 5.92 Å². The van der Waals surface area contributed by atoms with E-state index in [9.17, 15) is 4.79 Å². The average Bonchev–Trinajstić information content (AvgIpc) is 3.05. The van der Waals surface area contributed by atoms with E-state index in [0.717, 1.165) is 5.56 Å². The van der Waals surface area contributed by atoms with Gasteiger partial charge in [0.25, 0.3) is 5.91 Å². The number of nitrogens with zero attached hydrogens (tertiary/aromatic N) is 1. The van der Waals surface area contributed by atoms with Gasteiger partial charge in [0.15, 0.2) is 0 Å². The molecule has 1 atom stereocenters. The van der Waals surface area contributed by atoms with Crippen LogP contribution < -0.4 is 5.32 Å². The molecule has 1 amide bonds. The molecule has 16 heavy (non-hydrogen) atoms. The lowest BCUT2D eigenvalue weighted by Crippen LogP contribution is -2.34. The molecule has 0 saturated heterocycles. The summed E-state index contributed by atoms with van der Waals surface area (Å²) in [5.41, 5.74) is 1.41. The highest BCUT2D eigenvalue weighted by Crippen LogP contribution is 2.32. The molecule has 1 aromatic rings. The van der Waals surface area contributed by atoms with Crippen LogP contribution in [0, 0.1) is 12.8 Å². The lowest BCUT2D eigenvalue weighted by atomic mass is 10.1. The number of carbonyl (C=O) groups is 1. The normalized spacial score (nSPS) is 16.9. The van der Waals surface area contributed by atoms with Crippen LogP contribution in [-0.4, -0.2) is 16.9 Å². The molecule has 1 aromatic heterocycles. The first-order chi connectivity index (χ1) is 7.58. The molecule has 4 heteroatoms. The van der Waals surface area contributed by atoms with E-state index in [0.29, 0.717) is 16.6 Å². The zero-order valence-corrected chi connectivity index (χ0v) is 10.2. The molecule has 1 aliphatic carbocycles. The van der Waals surface area contributed by atoms with E-state index in [-0.39, 0.29) is 11.9 Å². The molecule has 1 heterocycles. The molecule has 1 saturated carbocycles. The third-order valence-corrected chi connectivity index (χ3v) is 3.36. The molecule has 2 rings (SSSR count). The number of carbonyl (C=O) groups excluding carboxylic acids is 1. The Morgan fingerprint density at radius 1 is 1.62 bits per heavy atom. The van der Waals surface area contributed by atoms with Crippen LogP contribution >= 0.6 is 11.6 Å². The molecule has 1 N–H and O–H groups in total. The summed E-state index contributed by atoms with van der Waals surface area (Å²) in [5, 5.41) is 3.43. The maximum Gasteiger partial charge on any atom is 0.253 e. The van der Waals surface area contributed by atoms with Gasteiger partial charge in [-0.25, -0.2) is 4.98 Å². The smallest absolute Gasteiger partial charge is 0.253 e. The zero-order valence-electron chi connectivity index (χ0n) is 9.46. The van der Waals surface area contributed by atoms with Gasteiger partial charge in [-0.3, -0.25) is 4.79 Å². The second-order valence-electron chi connectivity index (χ2n) is 4.43. The van der Waals surface area contributed by atoms with Crippen molar-refractivity contribution < 1.29 is 4.79 Å². The van der Waals surface area contributed by atoms with Gasteiger partial charge in [-0.05, 0) is 44.2 Å². The lowest BCUT2D eigenvalue weighted by Gasteiger charge is -2.12. The number of rotatable bonds is 3. The van der Waals surface area contributed by atoms with Gasteiger partial charge < -0.3 is 5.32 Å². The highest BCUT2D eigenvalue weighted by molar-refractivity contribution is 6.30. The fourth-order valence-corrected chi connectivity index (χ4v) is 1.79. The summed E-state index contributed by atoms with van der Waals surface area (Å²) in [6, 6.07) is 2.02. The van der Waals surface area contributed by atoms with Gasteiger partial charge in [-0.15, -0.1) is 0 Å². The van der Waals surface area contributed by atoms with Crippen molar-refractivity contribution in [2.45, 2.75) is 32.7 Å². The second-order valence-corrected chi connectivity index (χ2v) is 4.79. The van der Waals surface area contributed by atoms with E-state index in [1.807, 2.05) is 13.8 Å². The third-order valence-electron chi connectivity index (χ3n) is 2.96. The van der Waals surface area contributed by atoms with Crippen LogP contribution in [0.5, 0.6) is 0 Å². The van der Waals surface area contributed by atoms with Gasteiger partial charge in [0.05, 0.1) is 5.56 Å². The second kappa shape index (κ2) is 4.42. The first-order valence-corrected chi connectivity index (χ1v) is 5.88. The van der Waals surface area contributed by atoms with Crippen LogP contribution in [0.2, 0.25) is 5.15 Å². The molecular weight excluding hydrogens is 224 g/mol. The van der Waals surface area contributed by atoms with E-state index in [1.54, 1.807) is 6.07 Å². The topological polar surface area (TPSA) is 42.0 Å². The maximum absolute atomic E-state index is 11.9. The van der Waals surface area contributed by atoms with Crippen molar-refractivity contribution in [3.05, 3.63) is 28.5 Å². The Kier molecular flexibility index (Phi) is 3.15. The summed E-state index contributed by atoms with van der Waals surface area (Å²) in [6.45, 7) is 3.89. The Morgan fingerprint density at radius 3 is 2.88 bits per heavy atom. The van der Waals surface area contributed by atoms with Crippen molar-refractivity contribution in [2.75, 3.05) is 0 Å². The summed E-state index contributed by atoms with van der Waals surface area (Å²) in [4.78, 5) is 15.8. The number of hydrogen-bond acceptors (Lipinski definition) is 2.